The van der Waals surface area contributed by atoms with Crippen molar-refractivity contribution in [3.8, 4) is 0 Å². The zero-order chi connectivity index (χ0) is 14.9. The zero-order valence-electron chi connectivity index (χ0n) is 10.3. The minimum absolute atomic E-state index is 0.0406. The molecule has 1 N–H and O–H groups in total. The van der Waals surface area contributed by atoms with E-state index < -0.39 is 43.8 Å². The molecular weight excluding hydrogens is 294 g/mol. The lowest BCUT2D eigenvalue weighted by molar-refractivity contribution is -0.384. The van der Waals surface area contributed by atoms with Crippen LogP contribution >= 0.6 is 0 Å². The Kier molecular flexibility index (Phi) is 3.89. The van der Waals surface area contributed by atoms with E-state index in [1.54, 1.807) is 0 Å². The van der Waals surface area contributed by atoms with Crippen molar-refractivity contribution in [3.05, 3.63) is 33.9 Å². The molecule has 0 spiro atoms. The maximum Gasteiger partial charge on any atom is 0.295 e. The second-order valence-electron chi connectivity index (χ2n) is 4.61. The molecule has 0 saturated carbocycles. The number of sulfone groups is 1. The van der Waals surface area contributed by atoms with Crippen molar-refractivity contribution in [3.63, 3.8) is 0 Å². The Morgan fingerprint density at radius 2 is 2.05 bits per heavy atom. The van der Waals surface area contributed by atoms with Crippen LogP contribution in [0.2, 0.25) is 0 Å². The molecule has 0 radical (unpaired) electrons. The minimum Gasteiger partial charge on any atom is -0.373 e. The summed E-state index contributed by atoms with van der Waals surface area (Å²) in [5.41, 5.74) is -1.22. The number of anilines is 1. The molecule has 1 saturated heterocycles. The van der Waals surface area contributed by atoms with Crippen molar-refractivity contribution in [2.24, 2.45) is 0 Å². The number of nitrogens with zero attached hydrogens (tertiary/aromatic N) is 1. The smallest absolute Gasteiger partial charge is 0.295 e. The van der Waals surface area contributed by atoms with Crippen LogP contribution in [0.15, 0.2) is 12.1 Å². The predicted octanol–water partition coefficient (Wildman–Crippen LogP) is 1.86. The van der Waals surface area contributed by atoms with E-state index in [9.17, 15) is 27.3 Å². The zero-order valence-corrected chi connectivity index (χ0v) is 11.1. The molecule has 1 heterocycles. The van der Waals surface area contributed by atoms with Crippen LogP contribution in [-0.2, 0) is 9.84 Å². The Balaban J connectivity index is 2.33. The molecule has 1 fully saturated rings. The fourth-order valence-electron chi connectivity index (χ4n) is 2.17. The van der Waals surface area contributed by atoms with E-state index in [0.29, 0.717) is 18.9 Å². The molecule has 1 unspecified atom stereocenters. The summed E-state index contributed by atoms with van der Waals surface area (Å²) in [5, 5.41) is 13.3. The van der Waals surface area contributed by atoms with E-state index >= 15 is 0 Å². The highest BCUT2D eigenvalue weighted by Crippen LogP contribution is 2.31. The van der Waals surface area contributed by atoms with Gasteiger partial charge in [0, 0.05) is 12.1 Å². The highest BCUT2D eigenvalue weighted by molar-refractivity contribution is 7.91. The Morgan fingerprint density at radius 3 is 2.65 bits per heavy atom. The van der Waals surface area contributed by atoms with Gasteiger partial charge in [0.15, 0.2) is 27.2 Å². The summed E-state index contributed by atoms with van der Waals surface area (Å²) < 4.78 is 49.8. The van der Waals surface area contributed by atoms with Crippen LogP contribution in [0.1, 0.15) is 12.8 Å². The van der Waals surface area contributed by atoms with E-state index in [1.165, 1.54) is 0 Å². The first-order valence-corrected chi connectivity index (χ1v) is 7.71. The Morgan fingerprint density at radius 1 is 1.35 bits per heavy atom. The average Bonchev–Trinajstić information content (AvgIpc) is 2.33. The van der Waals surface area contributed by atoms with Crippen LogP contribution in [0.5, 0.6) is 0 Å². The third kappa shape index (κ3) is 3.03. The minimum atomic E-state index is -3.26. The molecule has 20 heavy (non-hydrogen) atoms. The van der Waals surface area contributed by atoms with Crippen LogP contribution in [0, 0.1) is 21.7 Å². The van der Waals surface area contributed by atoms with Crippen molar-refractivity contribution in [2.45, 2.75) is 18.9 Å². The summed E-state index contributed by atoms with van der Waals surface area (Å²) in [4.78, 5) is 9.97. The lowest BCUT2D eigenvalue weighted by Gasteiger charge is -2.24. The lowest BCUT2D eigenvalue weighted by Crippen LogP contribution is -2.35. The topological polar surface area (TPSA) is 89.3 Å². The van der Waals surface area contributed by atoms with Crippen molar-refractivity contribution in [1.82, 2.24) is 0 Å². The van der Waals surface area contributed by atoms with Crippen LogP contribution in [0.4, 0.5) is 20.2 Å². The standard InChI is InChI=1S/C11H12F2N2O4S/c12-8-3-4-9(15(16)17)11(10(8)13)14-7-2-1-5-20(18,19)6-7/h3-4,7,14H,1-2,5-6H2. The number of rotatable bonds is 3. The summed E-state index contributed by atoms with van der Waals surface area (Å²) in [6, 6.07) is 0.845. The SMILES string of the molecule is O=[N+]([O-])c1ccc(F)c(F)c1NC1CCCS(=O)(=O)C1. The Bertz CT molecular complexity index is 648. The summed E-state index contributed by atoms with van der Waals surface area (Å²) in [6.07, 6.45) is 0.803. The Hall–Kier alpha value is -1.77. The molecule has 0 bridgehead atoms. The number of benzene rings is 1. The first-order chi connectivity index (χ1) is 9.30. The first kappa shape index (κ1) is 14.6. The van der Waals surface area contributed by atoms with Gasteiger partial charge in [-0.2, -0.15) is 0 Å². The average molecular weight is 306 g/mol. The van der Waals surface area contributed by atoms with Crippen molar-refractivity contribution >= 4 is 21.2 Å². The molecule has 2 rings (SSSR count). The van der Waals surface area contributed by atoms with Crippen LogP contribution in [-0.4, -0.2) is 30.9 Å². The van der Waals surface area contributed by atoms with E-state index in [-0.39, 0.29) is 11.5 Å². The van der Waals surface area contributed by atoms with Gasteiger partial charge in [-0.3, -0.25) is 10.1 Å². The molecule has 1 aliphatic rings. The van der Waals surface area contributed by atoms with Gasteiger partial charge in [0.2, 0.25) is 0 Å². The number of nitro groups is 1. The number of nitro benzene ring substituents is 1. The molecule has 0 aliphatic carbocycles. The maximum atomic E-state index is 13.7. The third-order valence-electron chi connectivity index (χ3n) is 3.08. The van der Waals surface area contributed by atoms with E-state index in [0.717, 1.165) is 6.07 Å². The third-order valence-corrected chi connectivity index (χ3v) is 4.90. The number of nitrogens with one attached hydrogen (secondary N) is 1. The van der Waals surface area contributed by atoms with Gasteiger partial charge in [0.1, 0.15) is 0 Å². The van der Waals surface area contributed by atoms with Crippen molar-refractivity contribution in [2.75, 3.05) is 16.8 Å². The fourth-order valence-corrected chi connectivity index (χ4v) is 3.81. The molecular formula is C11H12F2N2O4S. The monoisotopic (exact) mass is 306 g/mol. The quantitative estimate of drug-likeness (QED) is 0.680. The summed E-state index contributed by atoms with van der Waals surface area (Å²) in [7, 11) is -3.26. The molecule has 0 aromatic heterocycles. The molecule has 1 aromatic carbocycles. The van der Waals surface area contributed by atoms with Crippen LogP contribution in [0.25, 0.3) is 0 Å². The van der Waals surface area contributed by atoms with E-state index in [4.69, 9.17) is 0 Å². The highest BCUT2D eigenvalue weighted by Gasteiger charge is 2.29. The predicted molar refractivity (Wildman–Crippen MR) is 68.3 cm³/mol. The van der Waals surface area contributed by atoms with E-state index in [1.807, 2.05) is 0 Å². The molecule has 0 amide bonds. The summed E-state index contributed by atoms with van der Waals surface area (Å²) >= 11 is 0. The van der Waals surface area contributed by atoms with Gasteiger partial charge in [0.25, 0.3) is 5.69 Å². The highest BCUT2D eigenvalue weighted by atomic mass is 32.2. The lowest BCUT2D eigenvalue weighted by atomic mass is 10.1. The molecule has 9 heteroatoms. The van der Waals surface area contributed by atoms with Gasteiger partial charge in [-0.15, -0.1) is 0 Å². The van der Waals surface area contributed by atoms with Gasteiger partial charge in [-0.05, 0) is 18.9 Å². The second kappa shape index (κ2) is 5.31. The van der Waals surface area contributed by atoms with Crippen molar-refractivity contribution < 1.29 is 22.1 Å². The second-order valence-corrected chi connectivity index (χ2v) is 6.84. The number of halogens is 2. The van der Waals surface area contributed by atoms with Gasteiger partial charge in [-0.1, -0.05) is 0 Å². The number of hydrogen-bond donors (Lipinski definition) is 1. The van der Waals surface area contributed by atoms with Crippen LogP contribution < -0.4 is 5.32 Å². The molecule has 110 valence electrons. The van der Waals surface area contributed by atoms with Gasteiger partial charge in [0.05, 0.1) is 16.4 Å². The van der Waals surface area contributed by atoms with Crippen LogP contribution in [0.3, 0.4) is 0 Å². The van der Waals surface area contributed by atoms with E-state index in [2.05, 4.69) is 5.32 Å². The Labute approximate surface area is 113 Å². The molecule has 6 nitrogen and oxygen atoms in total. The van der Waals surface area contributed by atoms with Crippen molar-refractivity contribution in [1.29, 1.82) is 0 Å². The number of hydrogen-bond acceptors (Lipinski definition) is 5. The molecule has 1 atom stereocenters. The molecule has 1 aromatic rings. The van der Waals surface area contributed by atoms with Gasteiger partial charge >= 0.3 is 0 Å². The van der Waals surface area contributed by atoms with Gasteiger partial charge in [-0.25, -0.2) is 17.2 Å². The maximum absolute atomic E-state index is 13.7. The largest absolute Gasteiger partial charge is 0.373 e. The summed E-state index contributed by atoms with van der Waals surface area (Å²) in [5.74, 6) is -2.81. The first-order valence-electron chi connectivity index (χ1n) is 5.89. The normalized spacial score (nSPS) is 21.4. The van der Waals surface area contributed by atoms with Gasteiger partial charge < -0.3 is 5.32 Å². The summed E-state index contributed by atoms with van der Waals surface area (Å²) in [6.45, 7) is 0. The fraction of sp³-hybridized carbons (Fsp3) is 0.455. The molecule has 1 aliphatic heterocycles.